The molecular weight excluding hydrogens is 378 g/mol. The number of nitrogens with zero attached hydrogens (tertiary/aromatic N) is 2. The quantitative estimate of drug-likeness (QED) is 0.434. The molecule has 9 heteroatoms. The van der Waals surface area contributed by atoms with E-state index in [-0.39, 0.29) is 17.7 Å². The second kappa shape index (κ2) is 9.45. The number of ether oxygens (including phenoxy) is 1. The maximum atomic E-state index is 12.7. The van der Waals surface area contributed by atoms with Crippen LogP contribution < -0.4 is 5.32 Å². The van der Waals surface area contributed by atoms with Crippen LogP contribution in [0.25, 0.3) is 0 Å². The summed E-state index contributed by atoms with van der Waals surface area (Å²) < 4.78 is 4.57. The van der Waals surface area contributed by atoms with Crippen LogP contribution in [0.4, 0.5) is 11.4 Å². The van der Waals surface area contributed by atoms with E-state index >= 15 is 0 Å². The predicted molar refractivity (Wildman–Crippen MR) is 106 cm³/mol. The first-order chi connectivity index (χ1) is 13.8. The fraction of sp³-hybridized carbons (Fsp3) is 0.250. The van der Waals surface area contributed by atoms with Crippen molar-refractivity contribution in [1.29, 1.82) is 0 Å². The van der Waals surface area contributed by atoms with Crippen LogP contribution in [0.2, 0.25) is 0 Å². The van der Waals surface area contributed by atoms with Crippen LogP contribution >= 0.6 is 0 Å². The molecule has 0 saturated carbocycles. The molecule has 0 spiro atoms. The molecule has 0 radical (unpaired) electrons. The van der Waals surface area contributed by atoms with Crippen molar-refractivity contribution in [1.82, 2.24) is 4.90 Å². The average molecular weight is 399 g/mol. The van der Waals surface area contributed by atoms with Crippen LogP contribution in [0.15, 0.2) is 42.5 Å². The first kappa shape index (κ1) is 21.5. The molecule has 0 aliphatic rings. The van der Waals surface area contributed by atoms with Gasteiger partial charge < -0.3 is 15.0 Å². The smallest absolute Gasteiger partial charge is 0.338 e. The van der Waals surface area contributed by atoms with E-state index in [4.69, 9.17) is 0 Å². The maximum absolute atomic E-state index is 12.7. The molecule has 2 aromatic rings. The second-order valence-electron chi connectivity index (χ2n) is 6.24. The molecule has 0 unspecified atom stereocenters. The van der Waals surface area contributed by atoms with Crippen LogP contribution in [-0.4, -0.2) is 48.3 Å². The number of benzene rings is 2. The lowest BCUT2D eigenvalue weighted by molar-refractivity contribution is -0.384. The SMILES string of the molecule is CCc1ccccc1NC(=O)CN(C)C(=O)c1cc(C(=O)OC)cc([N+](=O)[O-])c1. The number of nitrogens with one attached hydrogen (secondary N) is 1. The molecule has 0 atom stereocenters. The average Bonchev–Trinajstić information content (AvgIpc) is 2.72. The largest absolute Gasteiger partial charge is 0.465 e. The van der Waals surface area contributed by atoms with Crippen LogP contribution in [0.5, 0.6) is 0 Å². The minimum Gasteiger partial charge on any atom is -0.465 e. The Morgan fingerprint density at radius 2 is 1.79 bits per heavy atom. The maximum Gasteiger partial charge on any atom is 0.338 e. The summed E-state index contributed by atoms with van der Waals surface area (Å²) in [5.41, 5.74) is 0.968. The van der Waals surface area contributed by atoms with E-state index < -0.39 is 28.4 Å². The number of esters is 1. The topological polar surface area (TPSA) is 119 Å². The van der Waals surface area contributed by atoms with Crippen molar-refractivity contribution in [3.8, 4) is 0 Å². The Morgan fingerprint density at radius 1 is 1.14 bits per heavy atom. The summed E-state index contributed by atoms with van der Waals surface area (Å²) >= 11 is 0. The van der Waals surface area contributed by atoms with Crippen molar-refractivity contribution >= 4 is 29.2 Å². The normalized spacial score (nSPS) is 10.2. The first-order valence-electron chi connectivity index (χ1n) is 8.77. The van der Waals surface area contributed by atoms with Crippen LogP contribution in [-0.2, 0) is 16.0 Å². The molecule has 0 saturated heterocycles. The van der Waals surface area contributed by atoms with E-state index in [1.807, 2.05) is 19.1 Å². The molecular formula is C20H21N3O6. The van der Waals surface area contributed by atoms with Gasteiger partial charge in [-0.2, -0.15) is 0 Å². The van der Waals surface area contributed by atoms with Gasteiger partial charge in [-0.05, 0) is 24.1 Å². The van der Waals surface area contributed by atoms with Gasteiger partial charge in [0.05, 0.1) is 24.1 Å². The van der Waals surface area contributed by atoms with E-state index in [2.05, 4.69) is 10.1 Å². The van der Waals surface area contributed by atoms with Gasteiger partial charge in [0.2, 0.25) is 5.91 Å². The number of nitro benzene ring substituents is 1. The number of nitro groups is 1. The number of rotatable bonds is 7. The summed E-state index contributed by atoms with van der Waals surface area (Å²) in [4.78, 5) is 48.3. The van der Waals surface area contributed by atoms with E-state index in [9.17, 15) is 24.5 Å². The van der Waals surface area contributed by atoms with Gasteiger partial charge in [-0.3, -0.25) is 19.7 Å². The Morgan fingerprint density at radius 3 is 2.41 bits per heavy atom. The molecule has 152 valence electrons. The van der Waals surface area contributed by atoms with Gasteiger partial charge >= 0.3 is 5.97 Å². The zero-order valence-electron chi connectivity index (χ0n) is 16.3. The Bertz CT molecular complexity index is 957. The summed E-state index contributed by atoms with van der Waals surface area (Å²) in [5, 5.41) is 13.9. The number of likely N-dealkylation sites (N-methyl/N-ethyl adjacent to an activating group) is 1. The molecule has 0 bridgehead atoms. The number of para-hydroxylation sites is 1. The van der Waals surface area contributed by atoms with E-state index in [1.165, 1.54) is 13.1 Å². The number of anilines is 1. The molecule has 9 nitrogen and oxygen atoms in total. The fourth-order valence-electron chi connectivity index (χ4n) is 2.72. The molecule has 0 aromatic heterocycles. The van der Waals surface area contributed by atoms with E-state index in [1.54, 1.807) is 12.1 Å². The molecule has 0 fully saturated rings. The van der Waals surface area contributed by atoms with E-state index in [0.717, 1.165) is 36.1 Å². The highest BCUT2D eigenvalue weighted by Gasteiger charge is 2.21. The Labute approximate surface area is 167 Å². The highest BCUT2D eigenvalue weighted by molar-refractivity contribution is 6.01. The van der Waals surface area contributed by atoms with Crippen molar-refractivity contribution in [2.75, 3.05) is 26.0 Å². The standard InChI is InChI=1S/C20H21N3O6/c1-4-13-7-5-6-8-17(13)21-18(24)12-22(2)19(25)14-9-15(20(26)29-3)11-16(10-14)23(27)28/h5-11H,4,12H2,1-3H3,(H,21,24). The lowest BCUT2D eigenvalue weighted by Crippen LogP contribution is -2.35. The lowest BCUT2D eigenvalue weighted by Gasteiger charge is -2.18. The minimum atomic E-state index is -0.806. The Hall–Kier alpha value is -3.75. The van der Waals surface area contributed by atoms with Crippen molar-refractivity contribution in [3.05, 3.63) is 69.3 Å². The van der Waals surface area contributed by atoms with Gasteiger partial charge in [-0.15, -0.1) is 0 Å². The fourth-order valence-corrected chi connectivity index (χ4v) is 2.72. The van der Waals surface area contributed by atoms with E-state index in [0.29, 0.717) is 5.69 Å². The molecule has 2 aromatic carbocycles. The number of carbonyl (C=O) groups is 3. The Kier molecular flexibility index (Phi) is 7.02. The third-order valence-electron chi connectivity index (χ3n) is 4.20. The number of hydrogen-bond donors (Lipinski definition) is 1. The minimum absolute atomic E-state index is 0.0936. The number of methoxy groups -OCH3 is 1. The monoisotopic (exact) mass is 399 g/mol. The number of non-ortho nitro benzene ring substituents is 1. The van der Waals surface area contributed by atoms with Gasteiger partial charge in [0.15, 0.2) is 0 Å². The molecule has 2 amide bonds. The van der Waals surface area contributed by atoms with Gasteiger partial charge in [-0.25, -0.2) is 4.79 Å². The van der Waals surface area contributed by atoms with Gasteiger partial charge in [0.1, 0.15) is 0 Å². The summed E-state index contributed by atoms with van der Waals surface area (Å²) in [7, 11) is 2.53. The summed E-state index contributed by atoms with van der Waals surface area (Å²) in [5.74, 6) is -1.86. The number of hydrogen-bond acceptors (Lipinski definition) is 6. The predicted octanol–water partition coefficient (Wildman–Crippen LogP) is 2.65. The molecule has 0 heterocycles. The number of amides is 2. The van der Waals surface area contributed by atoms with Gasteiger partial charge in [-0.1, -0.05) is 25.1 Å². The number of aryl methyl sites for hydroxylation is 1. The third kappa shape index (κ3) is 5.38. The van der Waals surface area contributed by atoms with Crippen molar-refractivity contribution in [2.45, 2.75) is 13.3 Å². The molecule has 2 rings (SSSR count). The molecule has 0 aliphatic heterocycles. The molecule has 1 N–H and O–H groups in total. The molecule has 0 aliphatic carbocycles. The zero-order chi connectivity index (χ0) is 21.6. The van der Waals surface area contributed by atoms with Crippen molar-refractivity contribution in [2.24, 2.45) is 0 Å². The summed E-state index contributed by atoms with van der Waals surface area (Å²) in [6.45, 7) is 1.69. The Balaban J connectivity index is 2.18. The third-order valence-corrected chi connectivity index (χ3v) is 4.20. The summed E-state index contributed by atoms with van der Waals surface area (Å²) in [6.07, 6.45) is 0.731. The molecule has 29 heavy (non-hydrogen) atoms. The second-order valence-corrected chi connectivity index (χ2v) is 6.24. The van der Waals surface area contributed by atoms with Crippen LogP contribution in [0, 0.1) is 10.1 Å². The lowest BCUT2D eigenvalue weighted by atomic mass is 10.1. The first-order valence-corrected chi connectivity index (χ1v) is 8.77. The summed E-state index contributed by atoms with van der Waals surface area (Å²) in [6, 6.07) is 10.6. The highest BCUT2D eigenvalue weighted by atomic mass is 16.6. The highest BCUT2D eigenvalue weighted by Crippen LogP contribution is 2.20. The van der Waals surface area contributed by atoms with Crippen molar-refractivity contribution < 1.29 is 24.0 Å². The van der Waals surface area contributed by atoms with Crippen molar-refractivity contribution in [3.63, 3.8) is 0 Å². The van der Waals surface area contributed by atoms with Crippen LogP contribution in [0.3, 0.4) is 0 Å². The van der Waals surface area contributed by atoms with Gasteiger partial charge in [0, 0.05) is 30.4 Å². The van der Waals surface area contributed by atoms with Crippen LogP contribution in [0.1, 0.15) is 33.2 Å². The zero-order valence-corrected chi connectivity index (χ0v) is 16.3. The van der Waals surface area contributed by atoms with Gasteiger partial charge in [0.25, 0.3) is 11.6 Å². The number of carbonyl (C=O) groups excluding carboxylic acids is 3.